The molecule has 0 fully saturated rings. The molecule has 2 aromatic heterocycles. The molecular formula is C44H31N3. The molecule has 222 valence electrons. The van der Waals surface area contributed by atoms with Crippen LogP contribution in [-0.4, -0.2) is 15.0 Å². The van der Waals surface area contributed by atoms with Crippen molar-refractivity contribution in [1.29, 1.82) is 0 Å². The highest BCUT2D eigenvalue weighted by atomic mass is 14.9. The Balaban J connectivity index is 1.27. The molecule has 0 bridgehead atoms. The normalized spacial score (nSPS) is 13.1. The Morgan fingerprint density at radius 1 is 0.489 bits per heavy atom. The Labute approximate surface area is 274 Å². The number of rotatable bonds is 4. The van der Waals surface area contributed by atoms with Gasteiger partial charge in [0, 0.05) is 34.5 Å². The Morgan fingerprint density at radius 3 is 1.94 bits per heavy atom. The maximum absolute atomic E-state index is 5.16. The van der Waals surface area contributed by atoms with E-state index in [1.807, 2.05) is 36.5 Å². The highest BCUT2D eigenvalue weighted by Gasteiger charge is 2.38. The standard InChI is InChI=1S/C44H31N3/c1-44(2)38-20-10-19-35(41(38)37-22-21-28-12-6-7-16-31(28)42(37)44)34-23-24-36(33-18-9-8-17-32(33)34)43-46-39(29-13-4-3-5-14-29)26-40(47-43)30-15-11-25-45-27-30/h3-27H,1-2H3. The van der Waals surface area contributed by atoms with Gasteiger partial charge in [0.15, 0.2) is 5.82 Å². The molecule has 9 rings (SSSR count). The van der Waals surface area contributed by atoms with E-state index in [2.05, 4.69) is 128 Å². The Kier molecular flexibility index (Phi) is 6.16. The maximum Gasteiger partial charge on any atom is 0.161 e. The first-order valence-corrected chi connectivity index (χ1v) is 16.1. The topological polar surface area (TPSA) is 38.7 Å². The molecule has 1 aliphatic carbocycles. The van der Waals surface area contributed by atoms with Crippen molar-refractivity contribution in [2.24, 2.45) is 0 Å². The summed E-state index contributed by atoms with van der Waals surface area (Å²) in [5.74, 6) is 0.698. The van der Waals surface area contributed by atoms with Crippen LogP contribution in [0, 0.1) is 0 Å². The zero-order valence-corrected chi connectivity index (χ0v) is 26.3. The Morgan fingerprint density at radius 2 is 1.15 bits per heavy atom. The fraction of sp³-hybridized carbons (Fsp3) is 0.0682. The van der Waals surface area contributed by atoms with Gasteiger partial charge >= 0.3 is 0 Å². The molecule has 0 spiro atoms. The van der Waals surface area contributed by atoms with Crippen molar-refractivity contribution in [3.63, 3.8) is 0 Å². The zero-order chi connectivity index (χ0) is 31.5. The number of hydrogen-bond donors (Lipinski definition) is 0. The fourth-order valence-corrected chi connectivity index (χ4v) is 7.59. The number of hydrogen-bond acceptors (Lipinski definition) is 3. The summed E-state index contributed by atoms with van der Waals surface area (Å²) in [4.78, 5) is 14.7. The highest BCUT2D eigenvalue weighted by molar-refractivity contribution is 6.09. The first-order valence-electron chi connectivity index (χ1n) is 16.1. The second kappa shape index (κ2) is 10.6. The molecule has 47 heavy (non-hydrogen) atoms. The first kappa shape index (κ1) is 27.4. The quantitative estimate of drug-likeness (QED) is 0.201. The molecule has 0 amide bonds. The van der Waals surface area contributed by atoms with Gasteiger partial charge in [0.2, 0.25) is 0 Å². The van der Waals surface area contributed by atoms with Crippen molar-refractivity contribution in [3.05, 3.63) is 163 Å². The molecule has 0 unspecified atom stereocenters. The molecule has 0 saturated carbocycles. The smallest absolute Gasteiger partial charge is 0.161 e. The van der Waals surface area contributed by atoms with Crippen LogP contribution in [0.4, 0.5) is 0 Å². The van der Waals surface area contributed by atoms with Gasteiger partial charge in [-0.2, -0.15) is 0 Å². The molecule has 6 aromatic carbocycles. The number of fused-ring (bicyclic) bond motifs is 6. The number of nitrogens with zero attached hydrogens (tertiary/aromatic N) is 3. The van der Waals surface area contributed by atoms with Gasteiger partial charge in [-0.15, -0.1) is 0 Å². The molecule has 0 saturated heterocycles. The minimum absolute atomic E-state index is 0.119. The second-order valence-electron chi connectivity index (χ2n) is 12.8. The average molecular weight is 602 g/mol. The van der Waals surface area contributed by atoms with Gasteiger partial charge in [0.25, 0.3) is 0 Å². The van der Waals surface area contributed by atoms with Crippen molar-refractivity contribution in [3.8, 4) is 56.2 Å². The van der Waals surface area contributed by atoms with Crippen molar-refractivity contribution >= 4 is 21.5 Å². The predicted molar refractivity (Wildman–Crippen MR) is 194 cm³/mol. The summed E-state index contributed by atoms with van der Waals surface area (Å²) in [7, 11) is 0. The van der Waals surface area contributed by atoms with Gasteiger partial charge in [0.05, 0.1) is 11.4 Å². The van der Waals surface area contributed by atoms with Crippen molar-refractivity contribution in [1.82, 2.24) is 15.0 Å². The lowest BCUT2D eigenvalue weighted by Crippen LogP contribution is -2.15. The summed E-state index contributed by atoms with van der Waals surface area (Å²) < 4.78 is 0. The van der Waals surface area contributed by atoms with Gasteiger partial charge in [-0.1, -0.05) is 129 Å². The fourth-order valence-electron chi connectivity index (χ4n) is 7.59. The van der Waals surface area contributed by atoms with Gasteiger partial charge in [-0.05, 0) is 79.2 Å². The minimum atomic E-state index is -0.119. The van der Waals surface area contributed by atoms with E-state index in [-0.39, 0.29) is 5.41 Å². The van der Waals surface area contributed by atoms with Crippen LogP contribution >= 0.6 is 0 Å². The van der Waals surface area contributed by atoms with Crippen LogP contribution in [0.1, 0.15) is 25.0 Å². The van der Waals surface area contributed by atoms with Gasteiger partial charge in [0.1, 0.15) is 0 Å². The molecule has 1 aliphatic rings. The monoisotopic (exact) mass is 601 g/mol. The van der Waals surface area contributed by atoms with Crippen LogP contribution in [0.2, 0.25) is 0 Å². The summed E-state index contributed by atoms with van der Waals surface area (Å²) in [6.45, 7) is 4.73. The maximum atomic E-state index is 5.16. The van der Waals surface area contributed by atoms with E-state index in [1.165, 1.54) is 49.5 Å². The highest BCUT2D eigenvalue weighted by Crippen LogP contribution is 2.55. The zero-order valence-electron chi connectivity index (χ0n) is 26.3. The first-order chi connectivity index (χ1) is 23.1. The van der Waals surface area contributed by atoms with Crippen LogP contribution < -0.4 is 0 Å². The van der Waals surface area contributed by atoms with E-state index >= 15 is 0 Å². The third-order valence-corrected chi connectivity index (χ3v) is 9.77. The third kappa shape index (κ3) is 4.31. The second-order valence-corrected chi connectivity index (χ2v) is 12.8. The van der Waals surface area contributed by atoms with Crippen molar-refractivity contribution in [2.45, 2.75) is 19.3 Å². The van der Waals surface area contributed by atoms with E-state index in [9.17, 15) is 0 Å². The van der Waals surface area contributed by atoms with Crippen LogP contribution in [0.25, 0.3) is 77.7 Å². The van der Waals surface area contributed by atoms with Crippen LogP contribution in [0.15, 0.2) is 152 Å². The SMILES string of the molecule is CC1(C)c2cccc(-c3ccc(-c4nc(-c5ccccc5)cc(-c5cccnc5)n4)c4ccccc34)c2-c2ccc3ccccc3c21. The largest absolute Gasteiger partial charge is 0.264 e. The lowest BCUT2D eigenvalue weighted by molar-refractivity contribution is 0.666. The number of aromatic nitrogens is 3. The molecule has 8 aromatic rings. The molecule has 0 radical (unpaired) electrons. The van der Waals surface area contributed by atoms with Crippen LogP contribution in [-0.2, 0) is 5.41 Å². The van der Waals surface area contributed by atoms with E-state index < -0.39 is 0 Å². The van der Waals surface area contributed by atoms with Gasteiger partial charge in [-0.25, -0.2) is 9.97 Å². The average Bonchev–Trinajstić information content (AvgIpc) is 3.38. The van der Waals surface area contributed by atoms with E-state index in [4.69, 9.17) is 9.97 Å². The number of benzene rings is 6. The summed E-state index contributed by atoms with van der Waals surface area (Å²) in [5, 5.41) is 4.92. The number of pyridine rings is 1. The summed E-state index contributed by atoms with van der Waals surface area (Å²) >= 11 is 0. The molecular weight excluding hydrogens is 571 g/mol. The van der Waals surface area contributed by atoms with Crippen molar-refractivity contribution in [2.75, 3.05) is 0 Å². The molecule has 3 nitrogen and oxygen atoms in total. The summed E-state index contributed by atoms with van der Waals surface area (Å²) in [5.41, 5.74) is 12.5. The van der Waals surface area contributed by atoms with E-state index in [0.29, 0.717) is 5.82 Å². The van der Waals surface area contributed by atoms with E-state index in [0.717, 1.165) is 33.5 Å². The Bertz CT molecular complexity index is 2420. The van der Waals surface area contributed by atoms with Crippen LogP contribution in [0.5, 0.6) is 0 Å². The summed E-state index contributed by atoms with van der Waals surface area (Å²) in [6.07, 6.45) is 3.65. The summed E-state index contributed by atoms with van der Waals surface area (Å²) in [6, 6.07) is 49.7. The van der Waals surface area contributed by atoms with Gasteiger partial charge < -0.3 is 0 Å². The van der Waals surface area contributed by atoms with Crippen LogP contribution in [0.3, 0.4) is 0 Å². The lowest BCUT2D eigenvalue weighted by atomic mass is 9.80. The molecule has 0 N–H and O–H groups in total. The van der Waals surface area contributed by atoms with Crippen molar-refractivity contribution < 1.29 is 0 Å². The van der Waals surface area contributed by atoms with E-state index in [1.54, 1.807) is 6.20 Å². The molecule has 2 heterocycles. The minimum Gasteiger partial charge on any atom is -0.264 e. The lowest BCUT2D eigenvalue weighted by Gasteiger charge is -2.23. The van der Waals surface area contributed by atoms with Gasteiger partial charge in [-0.3, -0.25) is 4.98 Å². The molecule has 0 atom stereocenters. The molecule has 0 aliphatic heterocycles. The molecule has 3 heteroatoms. The Hall–Kier alpha value is -5.93. The third-order valence-electron chi connectivity index (χ3n) is 9.77. The predicted octanol–water partition coefficient (Wildman–Crippen LogP) is 11.2.